The summed E-state index contributed by atoms with van der Waals surface area (Å²) in [4.78, 5) is 21.2. The van der Waals surface area contributed by atoms with Gasteiger partial charge in [-0.1, -0.05) is 91.0 Å². The largest absolute Gasteiger partial charge is 0.245 e. The summed E-state index contributed by atoms with van der Waals surface area (Å²) in [5.41, 5.74) is 2.93. The van der Waals surface area contributed by atoms with Crippen LogP contribution < -0.4 is 0 Å². The van der Waals surface area contributed by atoms with Gasteiger partial charge >= 0.3 is 0 Å². The fourth-order valence-corrected chi connectivity index (χ4v) is 8.87. The van der Waals surface area contributed by atoms with Crippen molar-refractivity contribution >= 4 is 84.7 Å². The maximum Gasteiger partial charge on any atom is 0.164 e. The number of pyridine rings is 1. The van der Waals surface area contributed by atoms with E-state index in [1.807, 2.05) is 12.3 Å². The molecular weight excluding hydrogens is 601 g/mol. The van der Waals surface area contributed by atoms with Gasteiger partial charge in [-0.25, -0.2) is 19.9 Å². The molecule has 0 N–H and O–H groups in total. The normalized spacial score (nSPS) is 11.9. The maximum atomic E-state index is 5.20. The Morgan fingerprint density at radius 1 is 0.435 bits per heavy atom. The molecule has 4 aromatic heterocycles. The van der Waals surface area contributed by atoms with E-state index in [2.05, 4.69) is 126 Å². The Hall–Kier alpha value is -5.56. The Kier molecular flexibility index (Phi) is 5.58. The number of fused-ring (bicyclic) bond motifs is 9. The molecule has 4 nitrogen and oxygen atoms in total. The SMILES string of the molecule is c1ccc2cc(-c3nc(-c4ccc5ccc6c7cccnc7sc6c5c4)nc(-c4cccc5sc6ccccc6c45)n3)ccc2c1. The Morgan fingerprint density at radius 2 is 1.15 bits per heavy atom. The summed E-state index contributed by atoms with van der Waals surface area (Å²) in [6.07, 6.45) is 1.86. The van der Waals surface area contributed by atoms with Crippen LogP contribution in [-0.2, 0) is 0 Å². The van der Waals surface area contributed by atoms with Gasteiger partial charge < -0.3 is 0 Å². The van der Waals surface area contributed by atoms with E-state index in [1.54, 1.807) is 22.7 Å². The number of rotatable bonds is 3. The maximum absolute atomic E-state index is 5.20. The molecule has 0 amide bonds. The number of hydrogen-bond donors (Lipinski definition) is 0. The van der Waals surface area contributed by atoms with Crippen LogP contribution in [-0.4, -0.2) is 19.9 Å². The first-order valence-corrected chi connectivity index (χ1v) is 16.8. The summed E-state index contributed by atoms with van der Waals surface area (Å²) >= 11 is 3.54. The van der Waals surface area contributed by atoms with Crippen molar-refractivity contribution in [3.05, 3.63) is 134 Å². The van der Waals surface area contributed by atoms with Gasteiger partial charge in [0.1, 0.15) is 4.83 Å². The molecule has 0 bridgehead atoms. The van der Waals surface area contributed by atoms with Gasteiger partial charge in [-0.15, -0.1) is 22.7 Å². The van der Waals surface area contributed by atoms with Crippen molar-refractivity contribution in [2.45, 2.75) is 0 Å². The van der Waals surface area contributed by atoms with Crippen LogP contribution in [0.5, 0.6) is 0 Å². The second-order valence-electron chi connectivity index (χ2n) is 11.5. The van der Waals surface area contributed by atoms with Gasteiger partial charge in [0.15, 0.2) is 17.5 Å². The molecule has 0 saturated heterocycles. The van der Waals surface area contributed by atoms with E-state index in [4.69, 9.17) is 15.0 Å². The van der Waals surface area contributed by atoms with Crippen LogP contribution in [0, 0.1) is 0 Å². The van der Waals surface area contributed by atoms with Crippen molar-refractivity contribution in [1.82, 2.24) is 19.9 Å². The first-order valence-electron chi connectivity index (χ1n) is 15.1. The fourth-order valence-electron chi connectivity index (χ4n) is 6.57. The highest BCUT2D eigenvalue weighted by molar-refractivity contribution is 7.26. The average molecular weight is 623 g/mol. The lowest BCUT2D eigenvalue weighted by Gasteiger charge is -2.11. The van der Waals surface area contributed by atoms with Crippen molar-refractivity contribution in [2.24, 2.45) is 0 Å². The molecule has 10 rings (SSSR count). The van der Waals surface area contributed by atoms with Gasteiger partial charge in [0, 0.05) is 63.9 Å². The van der Waals surface area contributed by atoms with E-state index in [-0.39, 0.29) is 0 Å². The van der Waals surface area contributed by atoms with Crippen LogP contribution in [0.3, 0.4) is 0 Å². The summed E-state index contributed by atoms with van der Waals surface area (Å²) < 4.78 is 3.70. The van der Waals surface area contributed by atoms with Crippen LogP contribution in [0.15, 0.2) is 134 Å². The molecule has 10 aromatic rings. The van der Waals surface area contributed by atoms with Crippen LogP contribution in [0.1, 0.15) is 0 Å². The Balaban J connectivity index is 1.24. The minimum Gasteiger partial charge on any atom is -0.245 e. The zero-order valence-electron chi connectivity index (χ0n) is 24.3. The van der Waals surface area contributed by atoms with Gasteiger partial charge in [0.2, 0.25) is 0 Å². The van der Waals surface area contributed by atoms with E-state index in [0.29, 0.717) is 17.5 Å². The fraction of sp³-hybridized carbons (Fsp3) is 0. The average Bonchev–Trinajstić information content (AvgIpc) is 3.70. The highest BCUT2D eigenvalue weighted by Gasteiger charge is 2.18. The quantitative estimate of drug-likeness (QED) is 0.197. The molecule has 0 radical (unpaired) electrons. The Morgan fingerprint density at radius 3 is 2.07 bits per heavy atom. The number of aromatic nitrogens is 4. The van der Waals surface area contributed by atoms with E-state index in [0.717, 1.165) is 26.9 Å². The molecule has 0 aliphatic heterocycles. The number of thiophene rings is 2. The van der Waals surface area contributed by atoms with Crippen molar-refractivity contribution in [3.63, 3.8) is 0 Å². The molecule has 4 heterocycles. The molecule has 46 heavy (non-hydrogen) atoms. The lowest BCUT2D eigenvalue weighted by molar-refractivity contribution is 1.08. The van der Waals surface area contributed by atoms with Crippen molar-refractivity contribution in [1.29, 1.82) is 0 Å². The molecule has 0 atom stereocenters. The van der Waals surface area contributed by atoms with E-state index in [1.165, 1.54) is 51.8 Å². The highest BCUT2D eigenvalue weighted by atomic mass is 32.1. The standard InChI is InChI=1S/C40H22N4S2/c1-2-8-25-21-26(16-14-23(25)7-1)37-42-38(44-39(43-37)31-10-5-13-34-35(31)30-9-3-4-12-33(30)45-34)27-17-15-24-18-19-28-29-11-6-20-41-40(29)46-36(28)32(24)22-27/h1-22H. The lowest BCUT2D eigenvalue weighted by atomic mass is 10.0. The summed E-state index contributed by atoms with van der Waals surface area (Å²) in [6, 6.07) is 44.9. The van der Waals surface area contributed by atoms with Crippen molar-refractivity contribution in [3.8, 4) is 34.2 Å². The van der Waals surface area contributed by atoms with Crippen molar-refractivity contribution in [2.75, 3.05) is 0 Å². The van der Waals surface area contributed by atoms with Crippen LogP contribution in [0.2, 0.25) is 0 Å². The Labute approximate surface area is 271 Å². The van der Waals surface area contributed by atoms with Gasteiger partial charge in [0.25, 0.3) is 0 Å². The molecule has 6 aromatic carbocycles. The number of benzene rings is 6. The first kappa shape index (κ1) is 25.7. The Bertz CT molecular complexity index is 2830. The van der Waals surface area contributed by atoms with Gasteiger partial charge in [-0.05, 0) is 52.6 Å². The molecule has 0 spiro atoms. The van der Waals surface area contributed by atoms with E-state index < -0.39 is 0 Å². The van der Waals surface area contributed by atoms with Gasteiger partial charge in [-0.3, -0.25) is 0 Å². The summed E-state index contributed by atoms with van der Waals surface area (Å²) in [7, 11) is 0. The monoisotopic (exact) mass is 622 g/mol. The second-order valence-corrected chi connectivity index (χ2v) is 13.6. The van der Waals surface area contributed by atoms with Crippen LogP contribution in [0.4, 0.5) is 0 Å². The highest BCUT2D eigenvalue weighted by Crippen LogP contribution is 2.41. The third kappa shape index (κ3) is 3.97. The van der Waals surface area contributed by atoms with Crippen LogP contribution in [0.25, 0.3) is 96.2 Å². The van der Waals surface area contributed by atoms with E-state index in [9.17, 15) is 0 Å². The van der Waals surface area contributed by atoms with Crippen LogP contribution >= 0.6 is 22.7 Å². The number of hydrogen-bond acceptors (Lipinski definition) is 6. The number of nitrogens with zero attached hydrogens (tertiary/aromatic N) is 4. The molecular formula is C40H22N4S2. The molecule has 0 unspecified atom stereocenters. The van der Waals surface area contributed by atoms with E-state index >= 15 is 0 Å². The third-order valence-corrected chi connectivity index (χ3v) is 11.1. The molecule has 0 fully saturated rings. The predicted molar refractivity (Wildman–Crippen MR) is 195 cm³/mol. The summed E-state index contributed by atoms with van der Waals surface area (Å²) in [5, 5.41) is 9.52. The summed E-state index contributed by atoms with van der Waals surface area (Å²) in [6.45, 7) is 0. The van der Waals surface area contributed by atoms with Gasteiger partial charge in [0.05, 0.1) is 0 Å². The topological polar surface area (TPSA) is 51.6 Å². The van der Waals surface area contributed by atoms with Crippen molar-refractivity contribution < 1.29 is 0 Å². The molecule has 6 heteroatoms. The molecule has 0 saturated carbocycles. The zero-order valence-corrected chi connectivity index (χ0v) is 25.9. The third-order valence-electron chi connectivity index (χ3n) is 8.78. The zero-order chi connectivity index (χ0) is 30.2. The molecule has 0 aliphatic carbocycles. The smallest absolute Gasteiger partial charge is 0.164 e. The minimum absolute atomic E-state index is 0.655. The lowest BCUT2D eigenvalue weighted by Crippen LogP contribution is -2.00. The minimum atomic E-state index is 0.655. The second kappa shape index (κ2) is 9.97. The summed E-state index contributed by atoms with van der Waals surface area (Å²) in [5.74, 6) is 1.99. The molecule has 214 valence electrons. The van der Waals surface area contributed by atoms with Gasteiger partial charge in [-0.2, -0.15) is 0 Å². The molecule has 0 aliphatic rings. The first-order chi connectivity index (χ1) is 22.8. The predicted octanol–water partition coefficient (Wildman–Crippen LogP) is 11.3.